The Labute approximate surface area is 115 Å². The molecule has 1 aliphatic heterocycles. The van der Waals surface area contributed by atoms with E-state index in [9.17, 15) is 4.79 Å². The number of pyridine rings is 1. The monoisotopic (exact) mass is 263 g/mol. The third-order valence-electron chi connectivity index (χ3n) is 3.79. The molecule has 3 aromatic rings. The number of H-pyrrole nitrogens is 1. The summed E-state index contributed by atoms with van der Waals surface area (Å²) in [6.45, 7) is 0. The van der Waals surface area contributed by atoms with E-state index in [4.69, 9.17) is 4.74 Å². The van der Waals surface area contributed by atoms with Crippen molar-refractivity contribution < 1.29 is 4.74 Å². The van der Waals surface area contributed by atoms with Crippen molar-refractivity contribution >= 4 is 10.9 Å². The van der Waals surface area contributed by atoms with Crippen molar-refractivity contribution in [3.05, 3.63) is 75.9 Å². The smallest absolute Gasteiger partial charge is 0.199 e. The first-order valence-electron chi connectivity index (χ1n) is 6.68. The molecule has 0 saturated heterocycles. The number of ether oxygens (including phenoxy) is 1. The first-order chi connectivity index (χ1) is 9.83. The zero-order valence-corrected chi connectivity index (χ0v) is 10.8. The molecule has 1 unspecified atom stereocenters. The fraction of sp³-hybridized carbons (Fsp3) is 0.118. The maximum Gasteiger partial charge on any atom is 0.199 e. The quantitative estimate of drug-likeness (QED) is 0.732. The van der Waals surface area contributed by atoms with E-state index in [0.717, 1.165) is 22.0 Å². The molecule has 0 fully saturated rings. The lowest BCUT2D eigenvalue weighted by Crippen LogP contribution is -2.08. The van der Waals surface area contributed by atoms with Crippen molar-refractivity contribution in [2.24, 2.45) is 0 Å². The number of aromatic amines is 1. The Morgan fingerprint density at radius 3 is 2.60 bits per heavy atom. The van der Waals surface area contributed by atoms with Crippen LogP contribution >= 0.6 is 0 Å². The van der Waals surface area contributed by atoms with Gasteiger partial charge in [-0.1, -0.05) is 42.5 Å². The van der Waals surface area contributed by atoms with Gasteiger partial charge in [-0.3, -0.25) is 4.79 Å². The van der Waals surface area contributed by atoms with Crippen molar-refractivity contribution in [2.45, 2.75) is 12.5 Å². The molecule has 1 atom stereocenters. The van der Waals surface area contributed by atoms with E-state index in [2.05, 4.69) is 4.98 Å². The number of hydrogen-bond acceptors (Lipinski definition) is 2. The fourth-order valence-electron chi connectivity index (χ4n) is 2.76. The topological polar surface area (TPSA) is 42.1 Å². The van der Waals surface area contributed by atoms with Gasteiger partial charge >= 0.3 is 0 Å². The molecule has 0 saturated carbocycles. The highest BCUT2D eigenvalue weighted by Crippen LogP contribution is 2.34. The molecule has 1 aliphatic rings. The van der Waals surface area contributed by atoms with E-state index >= 15 is 0 Å². The Morgan fingerprint density at radius 1 is 1.00 bits per heavy atom. The van der Waals surface area contributed by atoms with Crippen LogP contribution in [-0.2, 0) is 6.42 Å². The third kappa shape index (κ3) is 1.63. The molecule has 2 heterocycles. The second-order valence-corrected chi connectivity index (χ2v) is 5.03. The van der Waals surface area contributed by atoms with Crippen LogP contribution in [0.1, 0.15) is 17.2 Å². The van der Waals surface area contributed by atoms with Gasteiger partial charge in [0.2, 0.25) is 0 Å². The van der Waals surface area contributed by atoms with Gasteiger partial charge in [-0.25, -0.2) is 0 Å². The SMILES string of the molecule is O=c1c2c([nH]c3ccccc13)OC(c1ccccc1)C2. The molecule has 3 nitrogen and oxygen atoms in total. The molecule has 0 aliphatic carbocycles. The van der Waals surface area contributed by atoms with Gasteiger partial charge in [-0.2, -0.15) is 0 Å². The highest BCUT2D eigenvalue weighted by Gasteiger charge is 2.28. The standard InChI is InChI=1S/C17H13NO2/c19-16-12-8-4-5-9-14(12)18-17-13(16)10-15(20-17)11-6-2-1-3-7-11/h1-9,15H,10H2,(H,18,19). The van der Waals surface area contributed by atoms with Gasteiger partial charge in [0.15, 0.2) is 11.3 Å². The maximum absolute atomic E-state index is 12.5. The van der Waals surface area contributed by atoms with Crippen molar-refractivity contribution in [3.63, 3.8) is 0 Å². The summed E-state index contributed by atoms with van der Waals surface area (Å²) in [4.78, 5) is 15.7. The van der Waals surface area contributed by atoms with Gasteiger partial charge in [-0.15, -0.1) is 0 Å². The molecule has 98 valence electrons. The van der Waals surface area contributed by atoms with Crippen LogP contribution in [0.5, 0.6) is 5.88 Å². The minimum absolute atomic E-state index is 0.0766. The Kier molecular flexibility index (Phi) is 2.39. The van der Waals surface area contributed by atoms with E-state index in [1.54, 1.807) is 0 Å². The summed E-state index contributed by atoms with van der Waals surface area (Å²) in [5.41, 5.74) is 2.75. The van der Waals surface area contributed by atoms with Crippen molar-refractivity contribution in [3.8, 4) is 5.88 Å². The van der Waals surface area contributed by atoms with Gasteiger partial charge in [0.25, 0.3) is 0 Å². The molecule has 20 heavy (non-hydrogen) atoms. The van der Waals surface area contributed by atoms with Crippen LogP contribution < -0.4 is 10.2 Å². The molecule has 0 amide bonds. The predicted molar refractivity (Wildman–Crippen MR) is 78.1 cm³/mol. The third-order valence-corrected chi connectivity index (χ3v) is 3.79. The Balaban J connectivity index is 1.84. The van der Waals surface area contributed by atoms with Gasteiger partial charge in [0.05, 0.1) is 11.1 Å². The van der Waals surface area contributed by atoms with Crippen LogP contribution in [0.2, 0.25) is 0 Å². The highest BCUT2D eigenvalue weighted by molar-refractivity contribution is 5.80. The average Bonchev–Trinajstić information content (AvgIpc) is 2.93. The molecule has 2 aromatic carbocycles. The summed E-state index contributed by atoms with van der Waals surface area (Å²) in [6, 6.07) is 17.6. The minimum Gasteiger partial charge on any atom is -0.470 e. The Morgan fingerprint density at radius 2 is 1.75 bits per heavy atom. The van der Waals surface area contributed by atoms with Crippen molar-refractivity contribution in [1.82, 2.24) is 4.98 Å². The number of hydrogen-bond donors (Lipinski definition) is 1. The zero-order valence-electron chi connectivity index (χ0n) is 10.8. The van der Waals surface area contributed by atoms with E-state index in [1.165, 1.54) is 0 Å². The molecule has 0 radical (unpaired) electrons. The van der Waals surface area contributed by atoms with E-state index < -0.39 is 0 Å². The fourth-order valence-corrected chi connectivity index (χ4v) is 2.76. The van der Waals surface area contributed by atoms with Crippen molar-refractivity contribution in [2.75, 3.05) is 0 Å². The van der Waals surface area contributed by atoms with E-state index in [0.29, 0.717) is 12.3 Å². The normalized spacial score (nSPS) is 16.9. The molecule has 3 heteroatoms. The van der Waals surface area contributed by atoms with Gasteiger partial charge < -0.3 is 9.72 Å². The molecular weight excluding hydrogens is 250 g/mol. The van der Waals surface area contributed by atoms with Crippen LogP contribution in [0, 0.1) is 0 Å². The average molecular weight is 263 g/mol. The summed E-state index contributed by atoms with van der Waals surface area (Å²) in [5.74, 6) is 0.613. The van der Waals surface area contributed by atoms with Crippen LogP contribution in [0.15, 0.2) is 59.4 Å². The summed E-state index contributed by atoms with van der Waals surface area (Å²) in [5, 5.41) is 0.726. The summed E-state index contributed by atoms with van der Waals surface area (Å²) >= 11 is 0. The molecule has 4 rings (SSSR count). The number of benzene rings is 2. The van der Waals surface area contributed by atoms with E-state index in [-0.39, 0.29) is 11.5 Å². The molecule has 0 spiro atoms. The van der Waals surface area contributed by atoms with Gasteiger partial charge in [0.1, 0.15) is 6.10 Å². The second-order valence-electron chi connectivity index (χ2n) is 5.03. The van der Waals surface area contributed by atoms with Crippen LogP contribution in [0.3, 0.4) is 0 Å². The Bertz CT molecular complexity index is 836. The lowest BCUT2D eigenvalue weighted by atomic mass is 10.0. The summed E-state index contributed by atoms with van der Waals surface area (Å²) in [7, 11) is 0. The molecule has 0 bridgehead atoms. The first kappa shape index (κ1) is 11.3. The number of nitrogens with one attached hydrogen (secondary N) is 1. The Hall–Kier alpha value is -2.55. The second kappa shape index (κ2) is 4.23. The van der Waals surface area contributed by atoms with Crippen LogP contribution in [0.4, 0.5) is 0 Å². The lowest BCUT2D eigenvalue weighted by molar-refractivity contribution is 0.231. The number of para-hydroxylation sites is 1. The summed E-state index contributed by atoms with van der Waals surface area (Å²) < 4.78 is 5.93. The highest BCUT2D eigenvalue weighted by atomic mass is 16.5. The maximum atomic E-state index is 12.5. The zero-order chi connectivity index (χ0) is 13.5. The first-order valence-corrected chi connectivity index (χ1v) is 6.68. The molecule has 1 aromatic heterocycles. The lowest BCUT2D eigenvalue weighted by Gasteiger charge is -2.10. The molecular formula is C17H13NO2. The van der Waals surface area contributed by atoms with E-state index in [1.807, 2.05) is 54.6 Å². The number of aromatic nitrogens is 1. The molecule has 1 N–H and O–H groups in total. The van der Waals surface area contributed by atoms with Gasteiger partial charge in [-0.05, 0) is 17.7 Å². The summed E-state index contributed by atoms with van der Waals surface area (Å²) in [6.07, 6.45) is 0.548. The van der Waals surface area contributed by atoms with Gasteiger partial charge in [0, 0.05) is 11.8 Å². The number of rotatable bonds is 1. The van der Waals surface area contributed by atoms with Crippen molar-refractivity contribution in [1.29, 1.82) is 0 Å². The number of fused-ring (bicyclic) bond motifs is 2. The van der Waals surface area contributed by atoms with Crippen LogP contribution in [0.25, 0.3) is 10.9 Å². The largest absolute Gasteiger partial charge is 0.470 e. The van der Waals surface area contributed by atoms with Crippen LogP contribution in [-0.4, -0.2) is 4.98 Å². The minimum atomic E-state index is -0.0769. The predicted octanol–water partition coefficient (Wildman–Crippen LogP) is 3.20.